The molecule has 0 atom stereocenters. The summed E-state index contributed by atoms with van der Waals surface area (Å²) in [6, 6.07) is 9.29. The highest BCUT2D eigenvalue weighted by Gasteiger charge is 2.08. The molecule has 76 valence electrons. The Hall–Kier alpha value is -1.35. The van der Waals surface area contributed by atoms with Crippen LogP contribution in [0.2, 0.25) is 0 Å². The lowest BCUT2D eigenvalue weighted by atomic mass is 10.1. The normalized spacial score (nSPS) is 10.6. The van der Waals surface area contributed by atoms with E-state index in [0.717, 1.165) is 9.13 Å². The summed E-state index contributed by atoms with van der Waals surface area (Å²) in [6.07, 6.45) is 1.52. The number of rotatable bonds is 2. The van der Waals surface area contributed by atoms with Gasteiger partial charge in [0, 0.05) is 3.57 Å². The molecule has 0 amide bonds. The molecule has 0 heterocycles. The highest BCUT2D eigenvalue weighted by atomic mass is 127. The molecule has 0 radical (unpaired) electrons. The minimum Gasteiger partial charge on any atom is -0.465 e. The number of hydrogen-bond donors (Lipinski definition) is 0. The Kier molecular flexibility index (Phi) is 4.31. The summed E-state index contributed by atoms with van der Waals surface area (Å²) in [5, 5.41) is 8.76. The number of nitriles is 1. The Balaban J connectivity index is 3.11. The zero-order valence-electron chi connectivity index (χ0n) is 8.03. The van der Waals surface area contributed by atoms with Crippen LogP contribution in [0.25, 0.3) is 6.08 Å². The van der Waals surface area contributed by atoms with Gasteiger partial charge in [-0.25, -0.2) is 4.79 Å². The highest BCUT2D eigenvalue weighted by Crippen LogP contribution is 2.15. The van der Waals surface area contributed by atoms with Crippen molar-refractivity contribution in [3.05, 3.63) is 39.0 Å². The van der Waals surface area contributed by atoms with Crippen molar-refractivity contribution < 1.29 is 9.53 Å². The number of methoxy groups -OCH3 is 1. The number of esters is 1. The molecule has 3 nitrogen and oxygen atoms in total. The number of carbonyl (C=O) groups excluding carboxylic acids is 1. The van der Waals surface area contributed by atoms with E-state index in [4.69, 9.17) is 5.26 Å². The van der Waals surface area contributed by atoms with Crippen molar-refractivity contribution in [3.63, 3.8) is 0 Å². The topological polar surface area (TPSA) is 50.1 Å². The Morgan fingerprint density at radius 3 is 2.73 bits per heavy atom. The van der Waals surface area contributed by atoms with E-state index >= 15 is 0 Å². The molecule has 0 aromatic heterocycles. The molecule has 0 aliphatic heterocycles. The van der Waals surface area contributed by atoms with Gasteiger partial charge in [0.15, 0.2) is 0 Å². The fourth-order valence-electron chi connectivity index (χ4n) is 0.994. The van der Waals surface area contributed by atoms with Crippen LogP contribution in [-0.2, 0) is 9.53 Å². The molecule has 0 aliphatic carbocycles. The number of hydrogen-bond acceptors (Lipinski definition) is 3. The maximum Gasteiger partial charge on any atom is 0.348 e. The molecule has 1 aromatic carbocycles. The SMILES string of the molecule is COC(=O)/C(C#N)=C/c1ccccc1I. The molecule has 0 bridgehead atoms. The van der Waals surface area contributed by atoms with Crippen LogP contribution in [0.5, 0.6) is 0 Å². The molecule has 0 saturated heterocycles. The van der Waals surface area contributed by atoms with E-state index in [9.17, 15) is 4.79 Å². The lowest BCUT2D eigenvalue weighted by Gasteiger charge is -1.99. The lowest BCUT2D eigenvalue weighted by molar-refractivity contribution is -0.135. The summed E-state index contributed by atoms with van der Waals surface area (Å²) in [6.45, 7) is 0. The van der Waals surface area contributed by atoms with Gasteiger partial charge in [-0.05, 0) is 40.3 Å². The van der Waals surface area contributed by atoms with Crippen LogP contribution >= 0.6 is 22.6 Å². The van der Waals surface area contributed by atoms with Gasteiger partial charge in [-0.2, -0.15) is 5.26 Å². The molecule has 1 rings (SSSR count). The zero-order valence-corrected chi connectivity index (χ0v) is 10.2. The minimum atomic E-state index is -0.614. The van der Waals surface area contributed by atoms with E-state index in [0.29, 0.717) is 0 Å². The third kappa shape index (κ3) is 3.06. The number of nitrogens with zero attached hydrogens (tertiary/aromatic N) is 1. The van der Waals surface area contributed by atoms with Crippen LogP contribution in [0.1, 0.15) is 5.56 Å². The van der Waals surface area contributed by atoms with Crippen molar-refractivity contribution in [2.45, 2.75) is 0 Å². The van der Waals surface area contributed by atoms with Crippen molar-refractivity contribution in [1.29, 1.82) is 5.26 Å². The molecule has 4 heteroatoms. The van der Waals surface area contributed by atoms with Gasteiger partial charge in [-0.15, -0.1) is 0 Å². The molecule has 0 fully saturated rings. The summed E-state index contributed by atoms with van der Waals surface area (Å²) in [5.41, 5.74) is 0.835. The molecule has 0 aliphatic rings. The van der Waals surface area contributed by atoms with Crippen LogP contribution in [0.15, 0.2) is 29.8 Å². The fourth-order valence-corrected chi connectivity index (χ4v) is 1.54. The monoisotopic (exact) mass is 313 g/mol. The van der Waals surface area contributed by atoms with Gasteiger partial charge in [0.2, 0.25) is 0 Å². The Labute approximate surface area is 101 Å². The lowest BCUT2D eigenvalue weighted by Crippen LogP contribution is -2.02. The van der Waals surface area contributed by atoms with Crippen LogP contribution < -0.4 is 0 Å². The second kappa shape index (κ2) is 5.51. The first-order valence-corrected chi connectivity index (χ1v) is 5.21. The smallest absolute Gasteiger partial charge is 0.348 e. The van der Waals surface area contributed by atoms with Gasteiger partial charge >= 0.3 is 5.97 Å². The summed E-state index contributed by atoms with van der Waals surface area (Å²) < 4.78 is 5.46. The maximum atomic E-state index is 11.1. The van der Waals surface area contributed by atoms with Gasteiger partial charge in [-0.3, -0.25) is 0 Å². The quantitative estimate of drug-likeness (QED) is 0.364. The van der Waals surface area contributed by atoms with Crippen molar-refractivity contribution in [2.75, 3.05) is 7.11 Å². The van der Waals surface area contributed by atoms with Crippen LogP contribution in [0, 0.1) is 14.9 Å². The summed E-state index contributed by atoms with van der Waals surface area (Å²) in [4.78, 5) is 11.1. The zero-order chi connectivity index (χ0) is 11.3. The first-order chi connectivity index (χ1) is 7.19. The number of benzene rings is 1. The highest BCUT2D eigenvalue weighted by molar-refractivity contribution is 14.1. The second-order valence-corrected chi connectivity index (χ2v) is 3.85. The fraction of sp³-hybridized carbons (Fsp3) is 0.0909. The summed E-state index contributed by atoms with van der Waals surface area (Å²) >= 11 is 2.14. The molecule has 0 saturated carbocycles. The van der Waals surface area contributed by atoms with Gasteiger partial charge in [-0.1, -0.05) is 18.2 Å². The Morgan fingerprint density at radius 2 is 2.20 bits per heavy atom. The number of ether oxygens (including phenoxy) is 1. The first-order valence-electron chi connectivity index (χ1n) is 4.13. The standard InChI is InChI=1S/C11H8INO2/c1-15-11(14)9(7-13)6-8-4-2-3-5-10(8)12/h2-6H,1H3/b9-6+. The number of halogens is 1. The van der Waals surface area contributed by atoms with Gasteiger partial charge < -0.3 is 4.74 Å². The maximum absolute atomic E-state index is 11.1. The predicted octanol–water partition coefficient (Wildman–Crippen LogP) is 2.37. The second-order valence-electron chi connectivity index (χ2n) is 2.68. The van der Waals surface area contributed by atoms with E-state index in [1.807, 2.05) is 30.3 Å². The summed E-state index contributed by atoms with van der Waals surface area (Å²) in [7, 11) is 1.25. The van der Waals surface area contributed by atoms with Gasteiger partial charge in [0.25, 0.3) is 0 Å². The summed E-state index contributed by atoms with van der Waals surface area (Å²) in [5.74, 6) is -0.614. The Morgan fingerprint density at radius 1 is 1.53 bits per heavy atom. The molecular weight excluding hydrogens is 305 g/mol. The van der Waals surface area contributed by atoms with Crippen molar-refractivity contribution in [3.8, 4) is 6.07 Å². The average Bonchev–Trinajstić information content (AvgIpc) is 2.27. The van der Waals surface area contributed by atoms with Crippen LogP contribution in [0.4, 0.5) is 0 Å². The van der Waals surface area contributed by atoms with Crippen molar-refractivity contribution >= 4 is 34.6 Å². The van der Waals surface area contributed by atoms with E-state index in [1.54, 1.807) is 0 Å². The van der Waals surface area contributed by atoms with E-state index in [1.165, 1.54) is 13.2 Å². The predicted molar refractivity (Wildman–Crippen MR) is 64.8 cm³/mol. The van der Waals surface area contributed by atoms with Crippen LogP contribution in [0.3, 0.4) is 0 Å². The minimum absolute atomic E-state index is 0.00150. The first kappa shape index (κ1) is 11.7. The number of carbonyl (C=O) groups is 1. The van der Waals surface area contributed by atoms with E-state index in [-0.39, 0.29) is 5.57 Å². The van der Waals surface area contributed by atoms with Gasteiger partial charge in [0.1, 0.15) is 11.6 Å². The molecule has 0 N–H and O–H groups in total. The molecule has 0 spiro atoms. The average molecular weight is 313 g/mol. The van der Waals surface area contributed by atoms with E-state index < -0.39 is 5.97 Å². The van der Waals surface area contributed by atoms with Gasteiger partial charge in [0.05, 0.1) is 7.11 Å². The van der Waals surface area contributed by atoms with Crippen LogP contribution in [-0.4, -0.2) is 13.1 Å². The van der Waals surface area contributed by atoms with Crippen molar-refractivity contribution in [2.24, 2.45) is 0 Å². The third-order valence-electron chi connectivity index (χ3n) is 1.73. The third-order valence-corrected chi connectivity index (χ3v) is 2.71. The largest absolute Gasteiger partial charge is 0.465 e. The Bertz CT molecular complexity index is 446. The molecule has 0 unspecified atom stereocenters. The molecular formula is C11H8INO2. The van der Waals surface area contributed by atoms with Crippen molar-refractivity contribution in [1.82, 2.24) is 0 Å². The van der Waals surface area contributed by atoms with E-state index in [2.05, 4.69) is 27.3 Å². The molecule has 15 heavy (non-hydrogen) atoms. The molecule has 1 aromatic rings.